The van der Waals surface area contributed by atoms with Crippen molar-refractivity contribution in [2.24, 2.45) is 0 Å². The summed E-state index contributed by atoms with van der Waals surface area (Å²) in [6.07, 6.45) is 0.619. The Morgan fingerprint density at radius 1 is 1.48 bits per heavy atom. The van der Waals surface area contributed by atoms with E-state index < -0.39 is 5.60 Å². The summed E-state index contributed by atoms with van der Waals surface area (Å²) >= 11 is 3.50. The molecule has 5 nitrogen and oxygen atoms in total. The van der Waals surface area contributed by atoms with Crippen molar-refractivity contribution in [3.63, 3.8) is 0 Å². The summed E-state index contributed by atoms with van der Waals surface area (Å²) in [5, 5.41) is 3.50. The quantitative estimate of drug-likeness (QED) is 0.858. The second-order valence-corrected chi connectivity index (χ2v) is 7.64. The Labute approximate surface area is 146 Å². The second kappa shape index (κ2) is 7.53. The van der Waals surface area contributed by atoms with Crippen molar-refractivity contribution < 1.29 is 14.3 Å². The molecule has 1 aromatic rings. The van der Waals surface area contributed by atoms with E-state index in [2.05, 4.69) is 27.3 Å². The molecule has 0 aromatic heterocycles. The Morgan fingerprint density at radius 3 is 2.91 bits per heavy atom. The largest absolute Gasteiger partial charge is 0.493 e. The van der Waals surface area contributed by atoms with E-state index >= 15 is 0 Å². The molecule has 0 aliphatic carbocycles. The smallest absolute Gasteiger partial charge is 0.410 e. The predicted octanol–water partition coefficient (Wildman–Crippen LogP) is 3.73. The zero-order chi connectivity index (χ0) is 17.0. The van der Waals surface area contributed by atoms with E-state index in [0.717, 1.165) is 22.2 Å². The Morgan fingerprint density at radius 2 is 2.22 bits per heavy atom. The number of benzene rings is 1. The molecule has 2 rings (SSSR count). The van der Waals surface area contributed by atoms with Gasteiger partial charge < -0.3 is 19.7 Å². The summed E-state index contributed by atoms with van der Waals surface area (Å²) in [4.78, 5) is 13.5. The van der Waals surface area contributed by atoms with Crippen LogP contribution in [0.15, 0.2) is 22.7 Å². The average molecular weight is 385 g/mol. The van der Waals surface area contributed by atoms with Crippen molar-refractivity contribution in [1.29, 1.82) is 0 Å². The number of hydrogen-bond acceptors (Lipinski definition) is 4. The first kappa shape index (κ1) is 18.1. The summed E-state index contributed by atoms with van der Waals surface area (Å²) in [6, 6.07) is 6.30. The highest BCUT2D eigenvalue weighted by molar-refractivity contribution is 9.10. The van der Waals surface area contributed by atoms with Gasteiger partial charge >= 0.3 is 6.09 Å². The van der Waals surface area contributed by atoms with Gasteiger partial charge in [-0.1, -0.05) is 15.9 Å². The van der Waals surface area contributed by atoms with E-state index in [9.17, 15) is 4.79 Å². The molecule has 1 aromatic carbocycles. The number of fused-ring (bicyclic) bond motifs is 1. The first-order valence-corrected chi connectivity index (χ1v) is 8.65. The third kappa shape index (κ3) is 5.39. The van der Waals surface area contributed by atoms with Crippen LogP contribution in [0, 0.1) is 0 Å². The van der Waals surface area contributed by atoms with Gasteiger partial charge in [0.1, 0.15) is 11.4 Å². The fraction of sp³-hybridized carbons (Fsp3) is 0.588. The number of nitrogens with one attached hydrogen (secondary N) is 1. The lowest BCUT2D eigenvalue weighted by Gasteiger charge is -2.28. The summed E-state index contributed by atoms with van der Waals surface area (Å²) in [7, 11) is 1.75. The van der Waals surface area contributed by atoms with Gasteiger partial charge in [-0.15, -0.1) is 0 Å². The zero-order valence-electron chi connectivity index (χ0n) is 14.2. The van der Waals surface area contributed by atoms with Crippen molar-refractivity contribution >= 4 is 22.0 Å². The van der Waals surface area contributed by atoms with Gasteiger partial charge in [0.2, 0.25) is 0 Å². The minimum absolute atomic E-state index is 0.239. The van der Waals surface area contributed by atoms with Gasteiger partial charge in [-0.25, -0.2) is 4.79 Å². The summed E-state index contributed by atoms with van der Waals surface area (Å²) in [5.41, 5.74) is 0.690. The van der Waals surface area contributed by atoms with Gasteiger partial charge in [-0.2, -0.15) is 0 Å². The normalized spacial score (nSPS) is 17.2. The van der Waals surface area contributed by atoms with Crippen molar-refractivity contribution in [2.45, 2.75) is 38.8 Å². The van der Waals surface area contributed by atoms with Gasteiger partial charge in [0.05, 0.1) is 6.61 Å². The van der Waals surface area contributed by atoms with Crippen molar-refractivity contribution in [3.05, 3.63) is 28.2 Å². The fourth-order valence-corrected chi connectivity index (χ4v) is 2.79. The number of amides is 1. The molecule has 0 bridgehead atoms. The number of likely N-dealkylation sites (N-methyl/N-ethyl adjacent to an activating group) is 1. The van der Waals surface area contributed by atoms with Crippen LogP contribution in [0.1, 0.15) is 38.8 Å². The van der Waals surface area contributed by atoms with Gasteiger partial charge in [0.25, 0.3) is 0 Å². The molecule has 6 heteroatoms. The van der Waals surface area contributed by atoms with Crippen molar-refractivity contribution in [3.8, 4) is 5.75 Å². The minimum atomic E-state index is -0.468. The predicted molar refractivity (Wildman–Crippen MR) is 93.9 cm³/mol. The van der Waals surface area contributed by atoms with Crippen LogP contribution in [-0.4, -0.2) is 43.3 Å². The first-order chi connectivity index (χ1) is 10.8. The molecule has 128 valence electrons. The van der Waals surface area contributed by atoms with Gasteiger partial charge in [-0.3, -0.25) is 0 Å². The summed E-state index contributed by atoms with van der Waals surface area (Å²) in [5.74, 6) is 0.928. The maximum Gasteiger partial charge on any atom is 0.410 e. The minimum Gasteiger partial charge on any atom is -0.493 e. The van der Waals surface area contributed by atoms with Crippen LogP contribution in [0.4, 0.5) is 4.79 Å². The topological polar surface area (TPSA) is 50.8 Å². The maximum atomic E-state index is 11.9. The number of carbonyl (C=O) groups is 1. The summed E-state index contributed by atoms with van der Waals surface area (Å²) in [6.45, 7) is 7.60. The molecule has 1 unspecified atom stereocenters. The molecule has 0 saturated carbocycles. The lowest BCUT2D eigenvalue weighted by atomic mass is 10.0. The standard InChI is InChI=1S/C17H25BrN2O3/c1-17(2,3)23-16(21)20(4)9-8-19-14-7-10-22-15-6-5-12(18)11-13(14)15/h5-6,11,14,19H,7-10H2,1-4H3. The van der Waals surface area contributed by atoms with Crippen LogP contribution in [0.5, 0.6) is 5.75 Å². The first-order valence-electron chi connectivity index (χ1n) is 7.86. The average Bonchev–Trinajstić information content (AvgIpc) is 2.45. The number of ether oxygens (including phenoxy) is 2. The highest BCUT2D eigenvalue weighted by Crippen LogP contribution is 2.33. The fourth-order valence-electron chi connectivity index (χ4n) is 2.41. The number of halogens is 1. The molecule has 0 saturated heterocycles. The molecule has 0 radical (unpaired) electrons. The number of rotatable bonds is 4. The van der Waals surface area contributed by atoms with E-state index in [1.807, 2.05) is 32.9 Å². The molecule has 1 aliphatic rings. The van der Waals surface area contributed by atoms with E-state index in [0.29, 0.717) is 19.7 Å². The Kier molecular flexibility index (Phi) is 5.92. The highest BCUT2D eigenvalue weighted by atomic mass is 79.9. The third-order valence-corrected chi connectivity index (χ3v) is 4.05. The van der Waals surface area contributed by atoms with E-state index in [4.69, 9.17) is 9.47 Å². The van der Waals surface area contributed by atoms with Crippen LogP contribution in [0.25, 0.3) is 0 Å². The third-order valence-electron chi connectivity index (χ3n) is 3.55. The van der Waals surface area contributed by atoms with Crippen molar-refractivity contribution in [2.75, 3.05) is 26.7 Å². The molecule has 23 heavy (non-hydrogen) atoms. The number of nitrogens with zero attached hydrogens (tertiary/aromatic N) is 1. The Bertz CT molecular complexity index is 557. The van der Waals surface area contributed by atoms with Gasteiger partial charge in [-0.05, 0) is 39.0 Å². The van der Waals surface area contributed by atoms with E-state index in [1.54, 1.807) is 11.9 Å². The van der Waals surface area contributed by atoms with Crippen LogP contribution in [-0.2, 0) is 4.74 Å². The SMILES string of the molecule is CN(CCNC1CCOc2ccc(Br)cc21)C(=O)OC(C)(C)C. The van der Waals surface area contributed by atoms with Crippen LogP contribution in [0.2, 0.25) is 0 Å². The highest BCUT2D eigenvalue weighted by Gasteiger charge is 2.22. The van der Waals surface area contributed by atoms with Crippen LogP contribution >= 0.6 is 15.9 Å². The zero-order valence-corrected chi connectivity index (χ0v) is 15.8. The van der Waals surface area contributed by atoms with E-state index in [1.165, 1.54) is 0 Å². The Hall–Kier alpha value is -1.27. The lowest BCUT2D eigenvalue weighted by Crippen LogP contribution is -2.39. The van der Waals surface area contributed by atoms with Gasteiger partial charge in [0.15, 0.2) is 0 Å². The Balaban J connectivity index is 1.86. The monoisotopic (exact) mass is 384 g/mol. The summed E-state index contributed by atoms with van der Waals surface area (Å²) < 4.78 is 12.1. The molecular weight excluding hydrogens is 360 g/mol. The molecule has 0 fully saturated rings. The van der Waals surface area contributed by atoms with E-state index in [-0.39, 0.29) is 12.1 Å². The molecule has 1 atom stereocenters. The van der Waals surface area contributed by atoms with Crippen LogP contribution in [0.3, 0.4) is 0 Å². The molecule has 0 spiro atoms. The second-order valence-electron chi connectivity index (χ2n) is 6.73. The number of hydrogen-bond donors (Lipinski definition) is 1. The molecule has 1 N–H and O–H groups in total. The van der Waals surface area contributed by atoms with Gasteiger partial charge in [0, 0.05) is 42.6 Å². The molecule has 1 amide bonds. The van der Waals surface area contributed by atoms with Crippen LogP contribution < -0.4 is 10.1 Å². The van der Waals surface area contributed by atoms with Crippen molar-refractivity contribution in [1.82, 2.24) is 10.2 Å². The number of carbonyl (C=O) groups excluding carboxylic acids is 1. The molecule has 1 aliphatic heterocycles. The molecular formula is C17H25BrN2O3. The maximum absolute atomic E-state index is 11.9. The lowest BCUT2D eigenvalue weighted by molar-refractivity contribution is 0.0299. The molecule has 1 heterocycles.